The van der Waals surface area contributed by atoms with Crippen LogP contribution < -0.4 is 20.4 Å². The minimum atomic E-state index is -0.499. The van der Waals surface area contributed by atoms with Crippen LogP contribution in [0, 0.1) is 5.82 Å². The molecule has 30 heavy (non-hydrogen) atoms. The SMILES string of the molecule is O=c1nc2s/c(=C/C3=Cc4ccccc4OC3)c(=O)n2nc1Cc1ccc(F)cc1. The summed E-state index contributed by atoms with van der Waals surface area (Å²) in [6.45, 7) is 0.346. The highest BCUT2D eigenvalue weighted by Gasteiger charge is 2.13. The van der Waals surface area contributed by atoms with Crippen LogP contribution in [0.25, 0.3) is 17.1 Å². The Balaban J connectivity index is 1.55. The van der Waals surface area contributed by atoms with Crippen LogP contribution in [-0.4, -0.2) is 21.2 Å². The molecule has 6 nitrogen and oxygen atoms in total. The van der Waals surface area contributed by atoms with E-state index in [2.05, 4.69) is 10.1 Å². The molecule has 0 aliphatic carbocycles. The highest BCUT2D eigenvalue weighted by molar-refractivity contribution is 7.15. The molecule has 0 spiro atoms. The van der Waals surface area contributed by atoms with E-state index < -0.39 is 5.56 Å². The fourth-order valence-electron chi connectivity index (χ4n) is 3.23. The van der Waals surface area contributed by atoms with E-state index in [0.717, 1.165) is 32.7 Å². The minimum Gasteiger partial charge on any atom is -0.488 e. The van der Waals surface area contributed by atoms with Gasteiger partial charge in [-0.05, 0) is 41.5 Å². The first-order valence-electron chi connectivity index (χ1n) is 9.18. The van der Waals surface area contributed by atoms with E-state index in [1.807, 2.05) is 30.3 Å². The zero-order valence-corrected chi connectivity index (χ0v) is 16.4. The van der Waals surface area contributed by atoms with Crippen molar-refractivity contribution in [2.75, 3.05) is 6.61 Å². The van der Waals surface area contributed by atoms with E-state index in [-0.39, 0.29) is 28.5 Å². The van der Waals surface area contributed by atoms with Gasteiger partial charge in [-0.1, -0.05) is 41.7 Å². The van der Waals surface area contributed by atoms with Crippen LogP contribution in [0.15, 0.2) is 63.7 Å². The lowest BCUT2D eigenvalue weighted by Crippen LogP contribution is -2.28. The van der Waals surface area contributed by atoms with Crippen molar-refractivity contribution >= 4 is 28.4 Å². The van der Waals surface area contributed by atoms with Crippen molar-refractivity contribution in [1.82, 2.24) is 14.6 Å². The van der Waals surface area contributed by atoms with E-state index in [4.69, 9.17) is 4.74 Å². The summed E-state index contributed by atoms with van der Waals surface area (Å²) in [6, 6.07) is 13.4. The minimum absolute atomic E-state index is 0.134. The van der Waals surface area contributed by atoms with Gasteiger partial charge in [0, 0.05) is 12.0 Å². The molecule has 3 heterocycles. The van der Waals surface area contributed by atoms with Crippen LogP contribution >= 0.6 is 11.3 Å². The van der Waals surface area contributed by atoms with Gasteiger partial charge in [-0.25, -0.2) is 4.39 Å². The van der Waals surface area contributed by atoms with Crippen molar-refractivity contribution < 1.29 is 9.13 Å². The number of hydrogen-bond donors (Lipinski definition) is 0. The highest BCUT2D eigenvalue weighted by Crippen LogP contribution is 2.26. The number of benzene rings is 2. The second kappa shape index (κ2) is 7.31. The summed E-state index contributed by atoms with van der Waals surface area (Å²) in [4.78, 5) is 29.4. The average Bonchev–Trinajstić information content (AvgIpc) is 3.04. The molecule has 2 aromatic heterocycles. The molecule has 0 amide bonds. The summed E-state index contributed by atoms with van der Waals surface area (Å²) in [5, 5.41) is 4.22. The van der Waals surface area contributed by atoms with Gasteiger partial charge in [0.2, 0.25) is 4.96 Å². The molecule has 0 saturated heterocycles. The van der Waals surface area contributed by atoms with Crippen molar-refractivity contribution in [2.45, 2.75) is 6.42 Å². The number of ether oxygens (including phenoxy) is 1. The summed E-state index contributed by atoms with van der Waals surface area (Å²) < 4.78 is 20.4. The largest absolute Gasteiger partial charge is 0.488 e. The van der Waals surface area contributed by atoms with Gasteiger partial charge in [0.1, 0.15) is 23.9 Å². The summed E-state index contributed by atoms with van der Waals surface area (Å²) >= 11 is 1.11. The molecule has 0 unspecified atom stereocenters. The second-order valence-corrected chi connectivity index (χ2v) is 7.83. The zero-order valence-electron chi connectivity index (χ0n) is 15.5. The zero-order chi connectivity index (χ0) is 20.7. The molecule has 0 N–H and O–H groups in total. The van der Waals surface area contributed by atoms with Crippen LogP contribution in [-0.2, 0) is 6.42 Å². The monoisotopic (exact) mass is 419 g/mol. The highest BCUT2D eigenvalue weighted by atomic mass is 32.1. The molecule has 8 heteroatoms. The molecule has 1 aliphatic rings. The quantitative estimate of drug-likeness (QED) is 0.509. The van der Waals surface area contributed by atoms with Gasteiger partial charge < -0.3 is 4.74 Å². The Labute approximate surface area is 173 Å². The number of para-hydroxylation sites is 1. The number of halogens is 1. The third kappa shape index (κ3) is 3.42. The number of fused-ring (bicyclic) bond motifs is 2. The summed E-state index contributed by atoms with van der Waals surface area (Å²) in [5.41, 5.74) is 1.78. The van der Waals surface area contributed by atoms with Crippen molar-refractivity contribution in [2.24, 2.45) is 0 Å². The Bertz CT molecular complexity index is 1470. The molecule has 0 fully saturated rings. The van der Waals surface area contributed by atoms with Crippen molar-refractivity contribution in [3.63, 3.8) is 0 Å². The molecule has 0 atom stereocenters. The molecular weight excluding hydrogens is 405 g/mol. The van der Waals surface area contributed by atoms with Gasteiger partial charge >= 0.3 is 0 Å². The third-order valence-electron chi connectivity index (χ3n) is 4.71. The Hall–Kier alpha value is -3.65. The summed E-state index contributed by atoms with van der Waals surface area (Å²) in [5.74, 6) is 0.438. The average molecular weight is 419 g/mol. The van der Waals surface area contributed by atoms with Crippen LogP contribution in [0.2, 0.25) is 0 Å². The smallest absolute Gasteiger partial charge is 0.296 e. The van der Waals surface area contributed by atoms with Crippen LogP contribution in [0.5, 0.6) is 5.75 Å². The second-order valence-electron chi connectivity index (χ2n) is 6.82. The van der Waals surface area contributed by atoms with E-state index in [1.54, 1.807) is 18.2 Å². The van der Waals surface area contributed by atoms with E-state index in [1.165, 1.54) is 12.1 Å². The van der Waals surface area contributed by atoms with Gasteiger partial charge in [-0.15, -0.1) is 0 Å². The first-order chi connectivity index (χ1) is 14.6. The normalized spacial score (nSPS) is 13.8. The topological polar surface area (TPSA) is 73.6 Å². The van der Waals surface area contributed by atoms with Crippen molar-refractivity contribution in [1.29, 1.82) is 0 Å². The Kier molecular flexibility index (Phi) is 4.48. The fourth-order valence-corrected chi connectivity index (χ4v) is 4.15. The van der Waals surface area contributed by atoms with Gasteiger partial charge in [-0.2, -0.15) is 14.6 Å². The number of hydrogen-bond acceptors (Lipinski definition) is 6. The van der Waals surface area contributed by atoms with Gasteiger partial charge in [-0.3, -0.25) is 9.59 Å². The summed E-state index contributed by atoms with van der Waals surface area (Å²) in [6.07, 6.45) is 3.87. The van der Waals surface area contributed by atoms with E-state index in [9.17, 15) is 14.0 Å². The first-order valence-corrected chi connectivity index (χ1v) is 10.00. The Morgan fingerprint density at radius 2 is 1.93 bits per heavy atom. The molecule has 4 aromatic rings. The molecule has 0 radical (unpaired) electrons. The standard InChI is InChI=1S/C22H14FN3O3S/c23-16-7-5-13(6-8-16)10-17-20(27)24-22-26(25-17)21(28)19(30-22)11-14-9-15-3-1-2-4-18(15)29-12-14/h1-9,11H,10,12H2/b19-11+. The van der Waals surface area contributed by atoms with Gasteiger partial charge in [0.25, 0.3) is 11.1 Å². The lowest BCUT2D eigenvalue weighted by Gasteiger charge is -2.15. The number of nitrogens with zero attached hydrogens (tertiary/aromatic N) is 3. The van der Waals surface area contributed by atoms with Crippen molar-refractivity contribution in [3.05, 3.63) is 102 Å². The summed E-state index contributed by atoms with van der Waals surface area (Å²) in [7, 11) is 0. The molecule has 1 aliphatic heterocycles. The number of aromatic nitrogens is 3. The van der Waals surface area contributed by atoms with Crippen LogP contribution in [0.1, 0.15) is 16.8 Å². The maximum atomic E-state index is 13.1. The molecular formula is C22H14FN3O3S. The third-order valence-corrected chi connectivity index (χ3v) is 5.67. The van der Waals surface area contributed by atoms with Crippen LogP contribution in [0.4, 0.5) is 4.39 Å². The Morgan fingerprint density at radius 3 is 2.77 bits per heavy atom. The first kappa shape index (κ1) is 18.4. The predicted octanol–water partition coefficient (Wildman–Crippen LogP) is 2.22. The Morgan fingerprint density at radius 1 is 1.13 bits per heavy atom. The van der Waals surface area contributed by atoms with E-state index >= 15 is 0 Å². The van der Waals surface area contributed by atoms with Gasteiger partial charge in [0.05, 0.1) is 4.53 Å². The lowest BCUT2D eigenvalue weighted by molar-refractivity contribution is 0.352. The molecule has 0 saturated carbocycles. The molecule has 5 rings (SSSR count). The van der Waals surface area contributed by atoms with Crippen LogP contribution in [0.3, 0.4) is 0 Å². The maximum absolute atomic E-state index is 13.1. The van der Waals surface area contributed by atoms with E-state index in [0.29, 0.717) is 16.7 Å². The van der Waals surface area contributed by atoms with Crippen molar-refractivity contribution in [3.8, 4) is 5.75 Å². The number of thiazole rings is 1. The molecule has 148 valence electrons. The lowest BCUT2D eigenvalue weighted by atomic mass is 10.1. The fraction of sp³-hybridized carbons (Fsp3) is 0.0909. The number of rotatable bonds is 3. The maximum Gasteiger partial charge on any atom is 0.296 e. The molecule has 2 aromatic carbocycles. The predicted molar refractivity (Wildman–Crippen MR) is 112 cm³/mol. The van der Waals surface area contributed by atoms with Gasteiger partial charge in [0.15, 0.2) is 0 Å². The molecule has 0 bridgehead atoms.